The SMILES string of the molecule is CNc1cc(C(=O)NCCCCOC)cc(C(C)(C)C)n1. The Hall–Kier alpha value is -1.62. The number of methoxy groups -OCH3 is 1. The van der Waals surface area contributed by atoms with Gasteiger partial charge in [-0.15, -0.1) is 0 Å². The molecule has 1 aromatic heterocycles. The molecular weight excluding hydrogens is 266 g/mol. The first-order chi connectivity index (χ1) is 9.88. The number of carbonyl (C=O) groups is 1. The molecule has 0 saturated heterocycles. The zero-order chi connectivity index (χ0) is 15.9. The minimum absolute atomic E-state index is 0.0585. The predicted octanol–water partition coefficient (Wildman–Crippen LogP) is 2.58. The second-order valence-electron chi connectivity index (χ2n) is 6.08. The Bertz CT molecular complexity index is 467. The van der Waals surface area contributed by atoms with Gasteiger partial charge in [-0.1, -0.05) is 20.8 Å². The number of aromatic nitrogens is 1. The number of nitrogens with one attached hydrogen (secondary N) is 2. The molecule has 0 spiro atoms. The Kier molecular flexibility index (Phi) is 6.62. The largest absolute Gasteiger partial charge is 0.385 e. The van der Waals surface area contributed by atoms with Gasteiger partial charge in [-0.25, -0.2) is 4.98 Å². The highest BCUT2D eigenvalue weighted by Gasteiger charge is 2.19. The van der Waals surface area contributed by atoms with Gasteiger partial charge in [-0.3, -0.25) is 4.79 Å². The lowest BCUT2D eigenvalue weighted by Crippen LogP contribution is -2.26. The molecule has 1 amide bonds. The third-order valence-corrected chi connectivity index (χ3v) is 3.17. The fraction of sp³-hybridized carbons (Fsp3) is 0.625. The first kappa shape index (κ1) is 17.4. The van der Waals surface area contributed by atoms with Gasteiger partial charge >= 0.3 is 0 Å². The number of pyridine rings is 1. The summed E-state index contributed by atoms with van der Waals surface area (Å²) in [6.07, 6.45) is 1.86. The molecule has 0 aliphatic carbocycles. The lowest BCUT2D eigenvalue weighted by Gasteiger charge is -2.19. The zero-order valence-electron chi connectivity index (χ0n) is 13.7. The molecule has 0 aliphatic rings. The van der Waals surface area contributed by atoms with E-state index in [0.29, 0.717) is 17.9 Å². The van der Waals surface area contributed by atoms with Gasteiger partial charge in [0.2, 0.25) is 0 Å². The summed E-state index contributed by atoms with van der Waals surface area (Å²) in [5.41, 5.74) is 1.45. The Morgan fingerprint density at radius 2 is 2.00 bits per heavy atom. The summed E-state index contributed by atoms with van der Waals surface area (Å²) in [6, 6.07) is 3.64. The van der Waals surface area contributed by atoms with E-state index in [2.05, 4.69) is 36.4 Å². The molecule has 5 nitrogen and oxygen atoms in total. The first-order valence-electron chi connectivity index (χ1n) is 7.36. The second kappa shape index (κ2) is 7.98. The molecule has 0 aromatic carbocycles. The van der Waals surface area contributed by atoms with E-state index in [1.165, 1.54) is 0 Å². The van der Waals surface area contributed by atoms with Gasteiger partial charge < -0.3 is 15.4 Å². The average molecular weight is 293 g/mol. The van der Waals surface area contributed by atoms with Crippen LogP contribution in [0.5, 0.6) is 0 Å². The Balaban J connectivity index is 2.74. The van der Waals surface area contributed by atoms with Gasteiger partial charge in [0.05, 0.1) is 0 Å². The normalized spacial score (nSPS) is 11.3. The number of ether oxygens (including phenoxy) is 1. The molecule has 0 bridgehead atoms. The number of rotatable bonds is 7. The van der Waals surface area contributed by atoms with Crippen molar-refractivity contribution in [2.24, 2.45) is 0 Å². The van der Waals surface area contributed by atoms with Crippen LogP contribution in [-0.4, -0.2) is 38.2 Å². The minimum atomic E-state index is -0.0969. The molecule has 0 radical (unpaired) electrons. The van der Waals surface area contributed by atoms with Crippen molar-refractivity contribution >= 4 is 11.7 Å². The predicted molar refractivity (Wildman–Crippen MR) is 85.9 cm³/mol. The molecule has 1 heterocycles. The molecule has 0 fully saturated rings. The summed E-state index contributed by atoms with van der Waals surface area (Å²) in [5.74, 6) is 0.656. The third-order valence-electron chi connectivity index (χ3n) is 3.17. The Morgan fingerprint density at radius 1 is 1.29 bits per heavy atom. The zero-order valence-corrected chi connectivity index (χ0v) is 13.7. The summed E-state index contributed by atoms with van der Waals surface area (Å²) < 4.78 is 4.99. The number of carbonyl (C=O) groups excluding carboxylic acids is 1. The summed E-state index contributed by atoms with van der Waals surface area (Å²) in [4.78, 5) is 16.7. The van der Waals surface area contributed by atoms with Crippen LogP contribution >= 0.6 is 0 Å². The van der Waals surface area contributed by atoms with Crippen LogP contribution < -0.4 is 10.6 Å². The smallest absolute Gasteiger partial charge is 0.251 e. The van der Waals surface area contributed by atoms with Crippen LogP contribution in [0, 0.1) is 0 Å². The third kappa shape index (κ3) is 5.71. The van der Waals surface area contributed by atoms with Crippen LogP contribution in [0.2, 0.25) is 0 Å². The van der Waals surface area contributed by atoms with Crippen molar-refractivity contribution in [2.45, 2.75) is 39.0 Å². The summed E-state index contributed by atoms with van der Waals surface area (Å²) in [6.45, 7) is 7.64. The van der Waals surface area contributed by atoms with Gasteiger partial charge in [-0.2, -0.15) is 0 Å². The van der Waals surface area contributed by atoms with E-state index in [1.807, 2.05) is 6.07 Å². The van der Waals surface area contributed by atoms with E-state index >= 15 is 0 Å². The number of anilines is 1. The standard InChI is InChI=1S/C16H27N3O2/c1-16(2,3)13-10-12(11-14(17-4)19-13)15(20)18-8-6-7-9-21-5/h10-11H,6-9H2,1-5H3,(H,17,19)(H,18,20). The van der Waals surface area contributed by atoms with E-state index in [-0.39, 0.29) is 11.3 Å². The van der Waals surface area contributed by atoms with Gasteiger partial charge in [0.15, 0.2) is 0 Å². The second-order valence-corrected chi connectivity index (χ2v) is 6.08. The molecule has 0 saturated carbocycles. The monoisotopic (exact) mass is 293 g/mol. The molecule has 0 unspecified atom stereocenters. The number of hydrogen-bond donors (Lipinski definition) is 2. The number of amides is 1. The molecule has 2 N–H and O–H groups in total. The summed E-state index contributed by atoms with van der Waals surface area (Å²) >= 11 is 0. The van der Waals surface area contributed by atoms with Crippen molar-refractivity contribution in [1.82, 2.24) is 10.3 Å². The van der Waals surface area contributed by atoms with Crippen molar-refractivity contribution in [3.05, 3.63) is 23.4 Å². The van der Waals surface area contributed by atoms with Crippen LogP contribution in [0.4, 0.5) is 5.82 Å². The van der Waals surface area contributed by atoms with Crippen molar-refractivity contribution < 1.29 is 9.53 Å². The summed E-state index contributed by atoms with van der Waals surface area (Å²) in [5, 5.41) is 5.95. The lowest BCUT2D eigenvalue weighted by atomic mass is 9.90. The summed E-state index contributed by atoms with van der Waals surface area (Å²) in [7, 11) is 3.49. The van der Waals surface area contributed by atoms with Crippen molar-refractivity contribution in [2.75, 3.05) is 32.6 Å². The van der Waals surface area contributed by atoms with Crippen molar-refractivity contribution in [3.8, 4) is 0 Å². The van der Waals surface area contributed by atoms with Crippen molar-refractivity contribution in [1.29, 1.82) is 0 Å². The quantitative estimate of drug-likeness (QED) is 0.758. The van der Waals surface area contributed by atoms with Crippen LogP contribution in [0.3, 0.4) is 0 Å². The van der Waals surface area contributed by atoms with Gasteiger partial charge in [0.25, 0.3) is 5.91 Å². The fourth-order valence-corrected chi connectivity index (χ4v) is 1.85. The van der Waals surface area contributed by atoms with Gasteiger partial charge in [-0.05, 0) is 25.0 Å². The maximum atomic E-state index is 12.2. The molecule has 118 valence electrons. The number of hydrogen-bond acceptors (Lipinski definition) is 4. The Labute approximate surface area is 127 Å². The minimum Gasteiger partial charge on any atom is -0.385 e. The average Bonchev–Trinajstić information content (AvgIpc) is 2.45. The molecule has 0 aliphatic heterocycles. The van der Waals surface area contributed by atoms with Gasteiger partial charge in [0, 0.05) is 44.0 Å². The van der Waals surface area contributed by atoms with Crippen molar-refractivity contribution in [3.63, 3.8) is 0 Å². The van der Waals surface area contributed by atoms with E-state index in [9.17, 15) is 4.79 Å². The van der Waals surface area contributed by atoms with Gasteiger partial charge in [0.1, 0.15) is 5.82 Å². The Morgan fingerprint density at radius 3 is 2.57 bits per heavy atom. The molecule has 1 rings (SSSR count). The van der Waals surface area contributed by atoms with Crippen LogP contribution in [0.25, 0.3) is 0 Å². The van der Waals surface area contributed by atoms with Crippen LogP contribution in [-0.2, 0) is 10.2 Å². The van der Waals surface area contributed by atoms with E-state index in [4.69, 9.17) is 4.74 Å². The molecule has 5 heteroatoms. The molecular formula is C16H27N3O2. The maximum absolute atomic E-state index is 12.2. The molecule has 21 heavy (non-hydrogen) atoms. The lowest BCUT2D eigenvalue weighted by molar-refractivity contribution is 0.0951. The van der Waals surface area contributed by atoms with E-state index in [0.717, 1.165) is 25.1 Å². The number of unbranched alkanes of at least 4 members (excludes halogenated alkanes) is 1. The molecule has 0 atom stereocenters. The highest BCUT2D eigenvalue weighted by atomic mass is 16.5. The highest BCUT2D eigenvalue weighted by molar-refractivity contribution is 5.95. The highest BCUT2D eigenvalue weighted by Crippen LogP contribution is 2.23. The first-order valence-corrected chi connectivity index (χ1v) is 7.36. The topological polar surface area (TPSA) is 63.2 Å². The number of nitrogens with zero attached hydrogens (tertiary/aromatic N) is 1. The molecule has 1 aromatic rings. The van der Waals surface area contributed by atoms with Crippen LogP contribution in [0.15, 0.2) is 12.1 Å². The van der Waals surface area contributed by atoms with E-state index in [1.54, 1.807) is 20.2 Å². The van der Waals surface area contributed by atoms with Crippen LogP contribution in [0.1, 0.15) is 49.7 Å². The fourth-order valence-electron chi connectivity index (χ4n) is 1.85. The maximum Gasteiger partial charge on any atom is 0.251 e. The van der Waals surface area contributed by atoms with E-state index < -0.39 is 0 Å².